The Hall–Kier alpha value is -1.47. The maximum atomic E-state index is 13.7. The number of carbonyl (C=O) groups is 1. The van der Waals surface area contributed by atoms with E-state index in [0.29, 0.717) is 6.42 Å². The Morgan fingerprint density at radius 1 is 1.22 bits per heavy atom. The van der Waals surface area contributed by atoms with Gasteiger partial charge < -0.3 is 5.32 Å². The smallest absolute Gasteiger partial charge is 0.243 e. The molecule has 1 aliphatic rings. The lowest BCUT2D eigenvalue weighted by Gasteiger charge is -2.11. The number of amides is 1. The molecule has 23 heavy (non-hydrogen) atoms. The standard InChI is InChI=1S/C16H14BrClFN3O/c17-10-3-1-9(2-4-10)14-8-15(22-21-14)16(23)20-13-6-5-11(18)7-12(13)19/h1-7,14-15,21-22H,8H2,(H,20,23). The molecule has 1 saturated heterocycles. The highest BCUT2D eigenvalue weighted by atomic mass is 79.9. The molecular formula is C16H14BrClFN3O. The summed E-state index contributed by atoms with van der Waals surface area (Å²) in [6.07, 6.45) is 0.572. The second-order valence-corrected chi connectivity index (χ2v) is 6.65. The van der Waals surface area contributed by atoms with Crippen molar-refractivity contribution in [1.82, 2.24) is 10.9 Å². The molecule has 1 aliphatic heterocycles. The van der Waals surface area contributed by atoms with Gasteiger partial charge in [-0.05, 0) is 42.3 Å². The van der Waals surface area contributed by atoms with Gasteiger partial charge in [0.05, 0.1) is 5.69 Å². The normalized spacial score (nSPS) is 20.5. The second-order valence-electron chi connectivity index (χ2n) is 5.29. The van der Waals surface area contributed by atoms with E-state index in [4.69, 9.17) is 11.6 Å². The maximum absolute atomic E-state index is 13.7. The van der Waals surface area contributed by atoms with Crippen molar-refractivity contribution in [2.75, 3.05) is 5.32 Å². The number of anilines is 1. The molecule has 2 atom stereocenters. The number of halogens is 3. The van der Waals surface area contributed by atoms with E-state index in [-0.39, 0.29) is 22.7 Å². The van der Waals surface area contributed by atoms with Crippen molar-refractivity contribution in [3.05, 3.63) is 63.3 Å². The summed E-state index contributed by atoms with van der Waals surface area (Å²) >= 11 is 9.09. The van der Waals surface area contributed by atoms with Crippen molar-refractivity contribution in [3.8, 4) is 0 Å². The summed E-state index contributed by atoms with van der Waals surface area (Å²) in [5.41, 5.74) is 7.24. The SMILES string of the molecule is O=C(Nc1ccc(Cl)cc1F)C1CC(c2ccc(Br)cc2)NN1. The average molecular weight is 399 g/mol. The third-order valence-electron chi connectivity index (χ3n) is 3.68. The quantitative estimate of drug-likeness (QED) is 0.737. The fourth-order valence-corrected chi connectivity index (χ4v) is 2.88. The molecule has 2 aromatic rings. The van der Waals surface area contributed by atoms with Gasteiger partial charge in [0, 0.05) is 15.5 Å². The number of hydrazine groups is 1. The zero-order valence-electron chi connectivity index (χ0n) is 11.9. The highest BCUT2D eigenvalue weighted by Crippen LogP contribution is 2.25. The van der Waals surface area contributed by atoms with Gasteiger partial charge in [0.25, 0.3) is 0 Å². The molecule has 120 valence electrons. The molecule has 3 rings (SSSR count). The van der Waals surface area contributed by atoms with Gasteiger partial charge in [0.1, 0.15) is 11.9 Å². The first-order chi connectivity index (χ1) is 11.0. The van der Waals surface area contributed by atoms with Gasteiger partial charge in [-0.25, -0.2) is 15.2 Å². The van der Waals surface area contributed by atoms with E-state index in [9.17, 15) is 9.18 Å². The molecule has 0 bridgehead atoms. The molecule has 0 aromatic heterocycles. The Morgan fingerprint density at radius 3 is 2.65 bits per heavy atom. The molecule has 4 nitrogen and oxygen atoms in total. The Labute approximate surface area is 146 Å². The van der Waals surface area contributed by atoms with Crippen LogP contribution < -0.4 is 16.2 Å². The summed E-state index contributed by atoms with van der Waals surface area (Å²) in [7, 11) is 0. The maximum Gasteiger partial charge on any atom is 0.243 e. The first kappa shape index (κ1) is 16.4. The minimum atomic E-state index is -0.554. The Kier molecular flexibility index (Phi) is 4.96. The molecule has 7 heteroatoms. The number of rotatable bonds is 3. The molecule has 0 aliphatic carbocycles. The van der Waals surface area contributed by atoms with Gasteiger partial charge in [-0.3, -0.25) is 4.79 Å². The molecule has 0 spiro atoms. The van der Waals surface area contributed by atoms with Crippen molar-refractivity contribution in [3.63, 3.8) is 0 Å². The minimum absolute atomic E-state index is 0.0221. The lowest BCUT2D eigenvalue weighted by Crippen LogP contribution is -2.39. The second kappa shape index (κ2) is 6.97. The number of carbonyl (C=O) groups excluding carboxylic acids is 1. The summed E-state index contributed by atoms with van der Waals surface area (Å²) in [4.78, 5) is 12.3. The first-order valence-electron chi connectivity index (χ1n) is 7.05. The summed E-state index contributed by atoms with van der Waals surface area (Å²) < 4.78 is 14.7. The van der Waals surface area contributed by atoms with Gasteiger partial charge in [0.15, 0.2) is 0 Å². The molecule has 0 radical (unpaired) electrons. The van der Waals surface area contributed by atoms with Gasteiger partial charge in [-0.15, -0.1) is 0 Å². The van der Waals surface area contributed by atoms with Crippen molar-refractivity contribution in [2.24, 2.45) is 0 Å². The van der Waals surface area contributed by atoms with Crippen LogP contribution in [-0.4, -0.2) is 11.9 Å². The van der Waals surface area contributed by atoms with Crippen molar-refractivity contribution in [1.29, 1.82) is 0 Å². The van der Waals surface area contributed by atoms with Gasteiger partial charge >= 0.3 is 0 Å². The Balaban J connectivity index is 1.64. The zero-order chi connectivity index (χ0) is 16.4. The predicted molar refractivity (Wildman–Crippen MR) is 91.6 cm³/mol. The van der Waals surface area contributed by atoms with E-state index in [1.54, 1.807) is 0 Å². The molecule has 0 saturated carbocycles. The molecule has 1 amide bonds. The van der Waals surface area contributed by atoms with E-state index >= 15 is 0 Å². The fraction of sp³-hybridized carbons (Fsp3) is 0.188. The summed E-state index contributed by atoms with van der Waals surface area (Å²) in [5.74, 6) is -0.848. The third-order valence-corrected chi connectivity index (χ3v) is 4.44. The van der Waals surface area contributed by atoms with E-state index in [1.165, 1.54) is 18.2 Å². The van der Waals surface area contributed by atoms with Crippen molar-refractivity contribution < 1.29 is 9.18 Å². The van der Waals surface area contributed by atoms with Crippen LogP contribution in [0.3, 0.4) is 0 Å². The van der Waals surface area contributed by atoms with E-state index < -0.39 is 11.9 Å². The predicted octanol–water partition coefficient (Wildman–Crippen LogP) is 3.79. The number of hydrogen-bond donors (Lipinski definition) is 3. The Bertz CT molecular complexity index is 726. The lowest BCUT2D eigenvalue weighted by atomic mass is 10.0. The van der Waals surface area contributed by atoms with Gasteiger partial charge in [-0.2, -0.15) is 0 Å². The van der Waals surface area contributed by atoms with Gasteiger partial charge in [-0.1, -0.05) is 39.7 Å². The highest BCUT2D eigenvalue weighted by molar-refractivity contribution is 9.10. The Morgan fingerprint density at radius 2 is 1.96 bits per heavy atom. The number of nitrogens with one attached hydrogen (secondary N) is 3. The van der Waals surface area contributed by atoms with Crippen LogP contribution >= 0.6 is 27.5 Å². The molecule has 3 N–H and O–H groups in total. The average Bonchev–Trinajstić information content (AvgIpc) is 3.01. The van der Waals surface area contributed by atoms with Crippen molar-refractivity contribution in [2.45, 2.75) is 18.5 Å². The van der Waals surface area contributed by atoms with Crippen LogP contribution in [0.4, 0.5) is 10.1 Å². The van der Waals surface area contributed by atoms with Gasteiger partial charge in [0.2, 0.25) is 5.91 Å². The third kappa shape index (κ3) is 3.90. The lowest BCUT2D eigenvalue weighted by molar-refractivity contribution is -0.117. The molecular weight excluding hydrogens is 385 g/mol. The monoisotopic (exact) mass is 397 g/mol. The van der Waals surface area contributed by atoms with Crippen LogP contribution in [0.2, 0.25) is 5.02 Å². The summed E-state index contributed by atoms with van der Waals surface area (Å²) in [6, 6.07) is 11.6. The van der Waals surface area contributed by atoms with Crippen LogP contribution in [0.1, 0.15) is 18.0 Å². The first-order valence-corrected chi connectivity index (χ1v) is 8.22. The van der Waals surface area contributed by atoms with E-state index in [1.807, 2.05) is 24.3 Å². The van der Waals surface area contributed by atoms with Crippen LogP contribution in [0.15, 0.2) is 46.9 Å². The molecule has 2 unspecified atom stereocenters. The minimum Gasteiger partial charge on any atom is -0.322 e. The molecule has 1 heterocycles. The molecule has 1 fully saturated rings. The van der Waals surface area contributed by atoms with Crippen LogP contribution in [0, 0.1) is 5.82 Å². The fourth-order valence-electron chi connectivity index (χ4n) is 2.45. The van der Waals surface area contributed by atoms with Crippen LogP contribution in [-0.2, 0) is 4.79 Å². The summed E-state index contributed by atoms with van der Waals surface area (Å²) in [6.45, 7) is 0. The topological polar surface area (TPSA) is 53.2 Å². The largest absolute Gasteiger partial charge is 0.322 e. The van der Waals surface area contributed by atoms with Crippen LogP contribution in [0.5, 0.6) is 0 Å². The number of hydrogen-bond acceptors (Lipinski definition) is 3. The van der Waals surface area contributed by atoms with Crippen LogP contribution in [0.25, 0.3) is 0 Å². The summed E-state index contributed by atoms with van der Waals surface area (Å²) in [5, 5.41) is 2.87. The highest BCUT2D eigenvalue weighted by Gasteiger charge is 2.30. The zero-order valence-corrected chi connectivity index (χ0v) is 14.3. The van der Waals surface area contributed by atoms with E-state index in [2.05, 4.69) is 32.1 Å². The van der Waals surface area contributed by atoms with E-state index in [0.717, 1.165) is 10.0 Å². The number of benzene rings is 2. The molecule has 2 aromatic carbocycles. The van der Waals surface area contributed by atoms with Crippen molar-refractivity contribution >= 4 is 39.1 Å².